The quantitative estimate of drug-likeness (QED) is 0.639. The van der Waals surface area contributed by atoms with Crippen LogP contribution in [0.1, 0.15) is 37.7 Å². The third-order valence-corrected chi connectivity index (χ3v) is 4.04. The van der Waals surface area contributed by atoms with Gasteiger partial charge in [-0.1, -0.05) is 36.8 Å². The van der Waals surface area contributed by atoms with Gasteiger partial charge in [-0.15, -0.1) is 0 Å². The van der Waals surface area contributed by atoms with E-state index in [-0.39, 0.29) is 17.3 Å². The number of hydrogen-bond acceptors (Lipinski definition) is 3. The van der Waals surface area contributed by atoms with Gasteiger partial charge in [0.25, 0.3) is 0 Å². The summed E-state index contributed by atoms with van der Waals surface area (Å²) in [6, 6.07) is 9.95. The molecule has 0 radical (unpaired) electrons. The van der Waals surface area contributed by atoms with E-state index in [9.17, 15) is 9.59 Å². The van der Waals surface area contributed by atoms with E-state index in [0.717, 1.165) is 24.8 Å². The Morgan fingerprint density at radius 1 is 1.25 bits per heavy atom. The fourth-order valence-corrected chi connectivity index (χ4v) is 2.64. The van der Waals surface area contributed by atoms with Gasteiger partial charge in [-0.25, -0.2) is 0 Å². The van der Waals surface area contributed by atoms with Crippen LogP contribution in [0, 0.1) is 0 Å². The molecule has 1 N–H and O–H groups in total. The molecule has 0 bridgehead atoms. The van der Waals surface area contributed by atoms with Crippen LogP contribution >= 0.6 is 0 Å². The molecule has 0 aliphatic heterocycles. The molecule has 0 heterocycles. The lowest BCUT2D eigenvalue weighted by Crippen LogP contribution is -2.49. The predicted octanol–water partition coefficient (Wildman–Crippen LogP) is 2.18. The number of carbonyl (C=O) groups is 2. The maximum Gasteiger partial charge on any atom is 0.305 e. The minimum absolute atomic E-state index is 0.0832. The van der Waals surface area contributed by atoms with Crippen molar-refractivity contribution < 1.29 is 14.3 Å². The normalized spacial score (nSPS) is 16.1. The average Bonchev–Trinajstić information content (AvgIpc) is 2.43. The smallest absolute Gasteiger partial charge is 0.305 e. The molecule has 1 amide bonds. The molecule has 1 aromatic rings. The summed E-state index contributed by atoms with van der Waals surface area (Å²) in [6.07, 6.45) is 3.85. The van der Waals surface area contributed by atoms with Gasteiger partial charge in [-0.3, -0.25) is 9.59 Å². The Bertz CT molecular complexity index is 466. The van der Waals surface area contributed by atoms with E-state index in [2.05, 4.69) is 10.1 Å². The topological polar surface area (TPSA) is 55.4 Å². The van der Waals surface area contributed by atoms with Gasteiger partial charge in [-0.05, 0) is 24.8 Å². The maximum absolute atomic E-state index is 12.4. The fourth-order valence-electron chi connectivity index (χ4n) is 2.64. The highest BCUT2D eigenvalue weighted by atomic mass is 16.5. The van der Waals surface area contributed by atoms with Crippen LogP contribution in [-0.2, 0) is 19.7 Å². The van der Waals surface area contributed by atoms with Gasteiger partial charge in [0, 0.05) is 13.0 Å². The molecule has 2 rings (SSSR count). The van der Waals surface area contributed by atoms with Gasteiger partial charge in [0.2, 0.25) is 5.91 Å². The number of rotatable bonds is 6. The zero-order valence-electron chi connectivity index (χ0n) is 11.9. The Labute approximate surface area is 119 Å². The Balaban J connectivity index is 1.89. The Hall–Kier alpha value is -1.84. The second kappa shape index (κ2) is 6.55. The predicted molar refractivity (Wildman–Crippen MR) is 76.2 cm³/mol. The van der Waals surface area contributed by atoms with Crippen molar-refractivity contribution in [1.82, 2.24) is 5.32 Å². The summed E-state index contributed by atoms with van der Waals surface area (Å²) < 4.78 is 4.57. The van der Waals surface area contributed by atoms with E-state index in [0.29, 0.717) is 19.4 Å². The highest BCUT2D eigenvalue weighted by molar-refractivity contribution is 5.89. The first-order valence-electron chi connectivity index (χ1n) is 7.10. The van der Waals surface area contributed by atoms with Gasteiger partial charge in [0.1, 0.15) is 0 Å². The van der Waals surface area contributed by atoms with Crippen LogP contribution in [0.3, 0.4) is 0 Å². The van der Waals surface area contributed by atoms with Gasteiger partial charge in [0.15, 0.2) is 0 Å². The molecule has 1 aliphatic rings. The highest BCUT2D eigenvalue weighted by Gasteiger charge is 2.45. The van der Waals surface area contributed by atoms with E-state index < -0.39 is 0 Å². The molecule has 0 aromatic heterocycles. The van der Waals surface area contributed by atoms with Crippen molar-refractivity contribution in [1.29, 1.82) is 0 Å². The summed E-state index contributed by atoms with van der Waals surface area (Å²) in [5, 5.41) is 2.96. The fraction of sp³-hybridized carbons (Fsp3) is 0.500. The molecule has 0 saturated heterocycles. The minimum atomic E-state index is -0.355. The number of methoxy groups -OCH3 is 1. The number of carbonyl (C=O) groups excluding carboxylic acids is 2. The Morgan fingerprint density at radius 2 is 1.95 bits per heavy atom. The second-order valence-corrected chi connectivity index (χ2v) is 5.24. The highest BCUT2D eigenvalue weighted by Crippen LogP contribution is 2.43. The summed E-state index contributed by atoms with van der Waals surface area (Å²) in [6.45, 7) is 0.516. The molecular formula is C16H21NO3. The van der Waals surface area contributed by atoms with E-state index in [4.69, 9.17) is 0 Å². The first kappa shape index (κ1) is 14.6. The Morgan fingerprint density at radius 3 is 2.50 bits per heavy atom. The third kappa shape index (κ3) is 3.00. The number of benzene rings is 1. The summed E-state index contributed by atoms with van der Waals surface area (Å²) in [5.41, 5.74) is 0.740. The van der Waals surface area contributed by atoms with Crippen LogP contribution < -0.4 is 5.32 Å². The zero-order valence-corrected chi connectivity index (χ0v) is 11.9. The van der Waals surface area contributed by atoms with Crippen molar-refractivity contribution in [3.05, 3.63) is 35.9 Å². The SMILES string of the molecule is COC(=O)CCCNC(=O)C1(c2ccccc2)CCC1. The van der Waals surface area contributed by atoms with Crippen LogP contribution in [-0.4, -0.2) is 25.5 Å². The molecule has 108 valence electrons. The van der Waals surface area contributed by atoms with E-state index in [1.807, 2.05) is 30.3 Å². The van der Waals surface area contributed by atoms with E-state index in [1.165, 1.54) is 7.11 Å². The zero-order chi connectivity index (χ0) is 14.4. The van der Waals surface area contributed by atoms with Crippen LogP contribution in [0.25, 0.3) is 0 Å². The van der Waals surface area contributed by atoms with Crippen LogP contribution in [0.5, 0.6) is 0 Å². The maximum atomic E-state index is 12.4. The number of amides is 1. The van der Waals surface area contributed by atoms with Crippen molar-refractivity contribution in [3.63, 3.8) is 0 Å². The number of hydrogen-bond donors (Lipinski definition) is 1. The van der Waals surface area contributed by atoms with Gasteiger partial charge in [0.05, 0.1) is 12.5 Å². The molecule has 0 atom stereocenters. The lowest BCUT2D eigenvalue weighted by atomic mass is 9.64. The molecule has 4 nitrogen and oxygen atoms in total. The second-order valence-electron chi connectivity index (χ2n) is 5.24. The molecular weight excluding hydrogens is 254 g/mol. The molecule has 0 spiro atoms. The summed E-state index contributed by atoms with van der Waals surface area (Å²) in [5.74, 6) is -0.152. The number of nitrogens with one attached hydrogen (secondary N) is 1. The average molecular weight is 275 g/mol. The van der Waals surface area contributed by atoms with Crippen molar-refractivity contribution >= 4 is 11.9 Å². The lowest BCUT2D eigenvalue weighted by Gasteiger charge is -2.40. The van der Waals surface area contributed by atoms with E-state index in [1.54, 1.807) is 0 Å². The summed E-state index contributed by atoms with van der Waals surface area (Å²) in [4.78, 5) is 23.4. The molecule has 1 fully saturated rings. The molecule has 1 aliphatic carbocycles. The largest absolute Gasteiger partial charge is 0.469 e. The Kier molecular flexibility index (Phi) is 4.77. The minimum Gasteiger partial charge on any atom is -0.469 e. The standard InChI is InChI=1S/C16H21NO3/c1-20-14(18)9-5-12-17-15(19)16(10-6-11-16)13-7-3-2-4-8-13/h2-4,7-8H,5-6,9-12H2,1H3,(H,17,19). The van der Waals surface area contributed by atoms with Gasteiger partial charge < -0.3 is 10.1 Å². The van der Waals surface area contributed by atoms with E-state index >= 15 is 0 Å². The van der Waals surface area contributed by atoms with Crippen molar-refractivity contribution in [2.45, 2.75) is 37.5 Å². The monoisotopic (exact) mass is 275 g/mol. The first-order chi connectivity index (χ1) is 9.69. The van der Waals surface area contributed by atoms with Gasteiger partial charge in [-0.2, -0.15) is 0 Å². The molecule has 0 unspecified atom stereocenters. The van der Waals surface area contributed by atoms with Crippen molar-refractivity contribution in [2.75, 3.05) is 13.7 Å². The lowest BCUT2D eigenvalue weighted by molar-refractivity contribution is -0.141. The van der Waals surface area contributed by atoms with Crippen LogP contribution in [0.4, 0.5) is 0 Å². The molecule has 1 aromatic carbocycles. The van der Waals surface area contributed by atoms with Gasteiger partial charge >= 0.3 is 5.97 Å². The summed E-state index contributed by atoms with van der Waals surface area (Å²) >= 11 is 0. The number of esters is 1. The summed E-state index contributed by atoms with van der Waals surface area (Å²) in [7, 11) is 1.37. The number of ether oxygens (including phenoxy) is 1. The van der Waals surface area contributed by atoms with Crippen molar-refractivity contribution in [2.24, 2.45) is 0 Å². The van der Waals surface area contributed by atoms with Crippen molar-refractivity contribution in [3.8, 4) is 0 Å². The van der Waals surface area contributed by atoms with Crippen LogP contribution in [0.15, 0.2) is 30.3 Å². The van der Waals surface area contributed by atoms with Crippen LogP contribution in [0.2, 0.25) is 0 Å². The first-order valence-corrected chi connectivity index (χ1v) is 7.10. The molecule has 20 heavy (non-hydrogen) atoms. The molecule has 4 heteroatoms. The third-order valence-electron chi connectivity index (χ3n) is 4.04. The molecule has 1 saturated carbocycles.